The Hall–Kier alpha value is -0.880. The van der Waals surface area contributed by atoms with Crippen molar-refractivity contribution in [2.75, 3.05) is 0 Å². The molecule has 72 valence electrons. The molecule has 0 bridgehead atoms. The van der Waals surface area contributed by atoms with Gasteiger partial charge in [0.25, 0.3) is 0 Å². The second kappa shape index (κ2) is 3.89. The lowest BCUT2D eigenvalue weighted by molar-refractivity contribution is 0.0684. The van der Waals surface area contributed by atoms with E-state index in [0.29, 0.717) is 11.3 Å². The lowest BCUT2D eigenvalue weighted by Crippen LogP contribution is -2.24. The fourth-order valence-electron chi connectivity index (χ4n) is 0.986. The number of hydrogen-bond acceptors (Lipinski definition) is 3. The van der Waals surface area contributed by atoms with Crippen molar-refractivity contribution in [1.29, 1.82) is 0 Å². The van der Waals surface area contributed by atoms with Crippen LogP contribution in [0.3, 0.4) is 0 Å². The fourth-order valence-corrected chi connectivity index (χ4v) is 1.42. The minimum atomic E-state index is -1.00. The molecule has 0 saturated heterocycles. The van der Waals surface area contributed by atoms with Crippen molar-refractivity contribution in [3.05, 3.63) is 16.6 Å². The predicted molar refractivity (Wildman–Crippen MR) is 50.5 cm³/mol. The number of aromatic carboxylic acids is 1. The molecule has 13 heavy (non-hydrogen) atoms. The van der Waals surface area contributed by atoms with Crippen LogP contribution in [0.25, 0.3) is 0 Å². The molecule has 0 spiro atoms. The van der Waals surface area contributed by atoms with Crippen molar-refractivity contribution in [2.24, 2.45) is 5.73 Å². The van der Waals surface area contributed by atoms with Crippen LogP contribution in [-0.4, -0.2) is 26.7 Å². The molecule has 0 radical (unpaired) electrons. The van der Waals surface area contributed by atoms with Crippen LogP contribution in [-0.2, 0) is 6.54 Å². The number of carboxylic acid groups (broad SMARTS) is 1. The molecule has 0 aliphatic carbocycles. The summed E-state index contributed by atoms with van der Waals surface area (Å²) in [6.07, 6.45) is 1.30. The van der Waals surface area contributed by atoms with E-state index in [4.69, 9.17) is 10.8 Å². The summed E-state index contributed by atoms with van der Waals surface area (Å²) in [5.41, 5.74) is 5.70. The van der Waals surface area contributed by atoms with Gasteiger partial charge in [0.15, 0.2) is 4.73 Å². The summed E-state index contributed by atoms with van der Waals surface area (Å²) in [5, 5.41) is 8.77. The Bertz CT molecular complexity index is 322. The van der Waals surface area contributed by atoms with Crippen LogP contribution in [0.2, 0.25) is 0 Å². The highest BCUT2D eigenvalue weighted by molar-refractivity contribution is 9.10. The quantitative estimate of drug-likeness (QED) is 0.824. The molecule has 6 heteroatoms. The van der Waals surface area contributed by atoms with E-state index in [9.17, 15) is 4.79 Å². The Balaban J connectivity index is 3.01. The van der Waals surface area contributed by atoms with Crippen molar-refractivity contribution in [1.82, 2.24) is 9.55 Å². The van der Waals surface area contributed by atoms with E-state index in [1.807, 2.05) is 0 Å². The van der Waals surface area contributed by atoms with Crippen LogP contribution in [0.5, 0.6) is 0 Å². The van der Waals surface area contributed by atoms with Crippen LogP contribution in [0, 0.1) is 0 Å². The maximum absolute atomic E-state index is 10.7. The van der Waals surface area contributed by atoms with E-state index in [1.54, 1.807) is 6.92 Å². The molecule has 0 aliphatic heterocycles. The van der Waals surface area contributed by atoms with Crippen molar-refractivity contribution < 1.29 is 9.90 Å². The normalized spacial score (nSPS) is 12.8. The van der Waals surface area contributed by atoms with E-state index >= 15 is 0 Å². The second-order valence-electron chi connectivity index (χ2n) is 2.81. The van der Waals surface area contributed by atoms with E-state index in [-0.39, 0.29) is 11.7 Å². The first-order chi connectivity index (χ1) is 6.02. The predicted octanol–water partition coefficient (Wildman–Crippen LogP) is 0.691. The highest BCUT2D eigenvalue weighted by Crippen LogP contribution is 2.12. The summed E-state index contributed by atoms with van der Waals surface area (Å²) in [7, 11) is 0. The Labute approximate surface area is 83.7 Å². The molecule has 0 aromatic carbocycles. The number of hydrogen-bond donors (Lipinski definition) is 2. The van der Waals surface area contributed by atoms with Crippen molar-refractivity contribution >= 4 is 21.9 Å². The summed E-state index contributed by atoms with van der Waals surface area (Å²) in [4.78, 5) is 14.5. The highest BCUT2D eigenvalue weighted by atomic mass is 79.9. The van der Waals surface area contributed by atoms with E-state index in [1.165, 1.54) is 10.8 Å². The maximum atomic E-state index is 10.7. The number of halogens is 1. The van der Waals surface area contributed by atoms with Crippen molar-refractivity contribution in [2.45, 2.75) is 19.5 Å². The molecule has 1 rings (SSSR count). The third-order valence-corrected chi connectivity index (χ3v) is 2.13. The Morgan fingerprint density at radius 1 is 1.92 bits per heavy atom. The standard InChI is InChI=1S/C7H10BrN3O2/c1-4(9)3-11-5(6(12)13)2-10-7(11)8/h2,4H,3,9H2,1H3,(H,12,13). The molecular weight excluding hydrogens is 238 g/mol. The SMILES string of the molecule is CC(N)Cn1c(C(=O)O)cnc1Br. The van der Waals surface area contributed by atoms with Gasteiger partial charge in [-0.3, -0.25) is 0 Å². The van der Waals surface area contributed by atoms with E-state index in [2.05, 4.69) is 20.9 Å². The van der Waals surface area contributed by atoms with Crippen molar-refractivity contribution in [3.8, 4) is 0 Å². The molecule has 0 fully saturated rings. The largest absolute Gasteiger partial charge is 0.477 e. The summed E-state index contributed by atoms with van der Waals surface area (Å²) < 4.78 is 2.01. The first-order valence-electron chi connectivity index (χ1n) is 3.72. The lowest BCUT2D eigenvalue weighted by atomic mass is 10.3. The molecule has 1 aromatic heterocycles. The number of carbonyl (C=O) groups is 1. The average molecular weight is 248 g/mol. The lowest BCUT2D eigenvalue weighted by Gasteiger charge is -2.09. The van der Waals surface area contributed by atoms with Crippen LogP contribution < -0.4 is 5.73 Å². The smallest absolute Gasteiger partial charge is 0.354 e. The molecule has 5 nitrogen and oxygen atoms in total. The van der Waals surface area contributed by atoms with Crippen LogP contribution in [0.4, 0.5) is 0 Å². The highest BCUT2D eigenvalue weighted by Gasteiger charge is 2.14. The summed E-state index contributed by atoms with van der Waals surface area (Å²) in [6, 6.07) is -0.108. The second-order valence-corrected chi connectivity index (χ2v) is 3.51. The zero-order valence-electron chi connectivity index (χ0n) is 7.07. The number of nitrogens with two attached hydrogens (primary N) is 1. The van der Waals surface area contributed by atoms with E-state index < -0.39 is 5.97 Å². The first-order valence-corrected chi connectivity index (χ1v) is 4.51. The van der Waals surface area contributed by atoms with Gasteiger partial charge in [-0.15, -0.1) is 0 Å². The maximum Gasteiger partial charge on any atom is 0.354 e. The van der Waals surface area contributed by atoms with Gasteiger partial charge in [0, 0.05) is 12.6 Å². The zero-order valence-corrected chi connectivity index (χ0v) is 8.65. The van der Waals surface area contributed by atoms with Gasteiger partial charge in [0.05, 0.1) is 6.20 Å². The number of carboxylic acids is 1. The topological polar surface area (TPSA) is 81.1 Å². The number of nitrogens with zero attached hydrogens (tertiary/aromatic N) is 2. The van der Waals surface area contributed by atoms with Crippen molar-refractivity contribution in [3.63, 3.8) is 0 Å². The van der Waals surface area contributed by atoms with Crippen LogP contribution in [0.1, 0.15) is 17.4 Å². The Kier molecular flexibility index (Phi) is 3.05. The molecule has 1 atom stereocenters. The molecule has 3 N–H and O–H groups in total. The monoisotopic (exact) mass is 247 g/mol. The number of aromatic nitrogens is 2. The van der Waals surface area contributed by atoms with Gasteiger partial charge < -0.3 is 15.4 Å². The minimum absolute atomic E-state index is 0.108. The average Bonchev–Trinajstić information content (AvgIpc) is 2.32. The third kappa shape index (κ3) is 2.28. The molecule has 1 aromatic rings. The Morgan fingerprint density at radius 3 is 3.00 bits per heavy atom. The molecular formula is C7H10BrN3O2. The molecule has 0 saturated carbocycles. The summed E-state index contributed by atoms with van der Waals surface area (Å²) in [6.45, 7) is 2.24. The van der Waals surface area contributed by atoms with Gasteiger partial charge in [-0.25, -0.2) is 9.78 Å². The number of imidazole rings is 1. The van der Waals surface area contributed by atoms with Crippen LogP contribution in [0.15, 0.2) is 10.9 Å². The van der Waals surface area contributed by atoms with Gasteiger partial charge in [-0.05, 0) is 22.9 Å². The van der Waals surface area contributed by atoms with Gasteiger partial charge in [0.2, 0.25) is 0 Å². The molecule has 0 aliphatic rings. The number of rotatable bonds is 3. The van der Waals surface area contributed by atoms with Crippen LogP contribution >= 0.6 is 15.9 Å². The van der Waals surface area contributed by atoms with Gasteiger partial charge in [0.1, 0.15) is 5.69 Å². The van der Waals surface area contributed by atoms with Gasteiger partial charge in [-0.2, -0.15) is 0 Å². The fraction of sp³-hybridized carbons (Fsp3) is 0.429. The zero-order chi connectivity index (χ0) is 10.0. The van der Waals surface area contributed by atoms with E-state index in [0.717, 1.165) is 0 Å². The van der Waals surface area contributed by atoms with Gasteiger partial charge >= 0.3 is 5.97 Å². The third-order valence-electron chi connectivity index (χ3n) is 1.50. The Morgan fingerprint density at radius 2 is 2.54 bits per heavy atom. The molecule has 1 heterocycles. The summed E-state index contributed by atoms with van der Waals surface area (Å²) in [5.74, 6) is -1.00. The molecule has 1 unspecified atom stereocenters. The molecule has 0 amide bonds. The summed E-state index contributed by atoms with van der Waals surface area (Å²) >= 11 is 3.15. The minimum Gasteiger partial charge on any atom is -0.477 e. The van der Waals surface area contributed by atoms with Gasteiger partial charge in [-0.1, -0.05) is 0 Å². The first kappa shape index (κ1) is 10.2.